The normalized spacial score (nSPS) is 10.7. The van der Waals surface area contributed by atoms with Crippen molar-refractivity contribution in [3.63, 3.8) is 0 Å². The summed E-state index contributed by atoms with van der Waals surface area (Å²) in [5.74, 6) is -1.05. The lowest BCUT2D eigenvalue weighted by Gasteiger charge is -1.98. The third-order valence-electron chi connectivity index (χ3n) is 2.32. The van der Waals surface area contributed by atoms with E-state index >= 15 is 0 Å². The lowest BCUT2D eigenvalue weighted by molar-refractivity contribution is -0.384. The predicted molar refractivity (Wildman–Crippen MR) is 70.9 cm³/mol. The molecule has 6 nitrogen and oxygen atoms in total. The molecule has 1 N–H and O–H groups in total. The first-order chi connectivity index (χ1) is 9.08. The maximum Gasteiger partial charge on any atom is 0.328 e. The third-order valence-corrected chi connectivity index (χ3v) is 3.21. The number of nitro benzene ring substituents is 1. The minimum atomic E-state index is -1.05. The van der Waals surface area contributed by atoms with Gasteiger partial charge in [0.15, 0.2) is 0 Å². The van der Waals surface area contributed by atoms with E-state index in [1.165, 1.54) is 29.5 Å². The van der Waals surface area contributed by atoms with Crippen molar-refractivity contribution < 1.29 is 14.8 Å². The Bertz CT molecular complexity index is 646. The molecule has 0 atom stereocenters. The zero-order valence-electron chi connectivity index (χ0n) is 9.52. The van der Waals surface area contributed by atoms with Gasteiger partial charge in [-0.1, -0.05) is 0 Å². The van der Waals surface area contributed by atoms with E-state index < -0.39 is 10.9 Å². The SMILES string of the molecule is O=C(O)C=Cc1ncsc1-c1ccc([N+](=O)[O-])cc1. The van der Waals surface area contributed by atoms with Crippen LogP contribution in [0.2, 0.25) is 0 Å². The number of benzene rings is 1. The molecule has 0 spiro atoms. The highest BCUT2D eigenvalue weighted by Crippen LogP contribution is 2.29. The number of non-ortho nitro benzene ring substituents is 1. The average molecular weight is 276 g/mol. The van der Waals surface area contributed by atoms with Gasteiger partial charge < -0.3 is 5.11 Å². The Morgan fingerprint density at radius 1 is 1.37 bits per heavy atom. The predicted octanol–water partition coefficient (Wildman–Crippen LogP) is 2.82. The third kappa shape index (κ3) is 3.02. The summed E-state index contributed by atoms with van der Waals surface area (Å²) in [7, 11) is 0. The summed E-state index contributed by atoms with van der Waals surface area (Å²) < 4.78 is 0. The molecule has 0 aliphatic carbocycles. The van der Waals surface area contributed by atoms with Crippen LogP contribution in [0, 0.1) is 10.1 Å². The van der Waals surface area contributed by atoms with Crippen molar-refractivity contribution in [1.82, 2.24) is 4.98 Å². The van der Waals surface area contributed by atoms with Gasteiger partial charge >= 0.3 is 5.97 Å². The Labute approximate surface area is 111 Å². The van der Waals surface area contributed by atoms with E-state index in [0.29, 0.717) is 5.69 Å². The van der Waals surface area contributed by atoms with Crippen molar-refractivity contribution in [2.24, 2.45) is 0 Å². The number of rotatable bonds is 4. The van der Waals surface area contributed by atoms with Crippen LogP contribution in [0.5, 0.6) is 0 Å². The maximum atomic E-state index is 10.6. The zero-order chi connectivity index (χ0) is 13.8. The van der Waals surface area contributed by atoms with Crippen LogP contribution in [0.15, 0.2) is 35.9 Å². The summed E-state index contributed by atoms with van der Waals surface area (Å²) >= 11 is 1.34. The van der Waals surface area contributed by atoms with Crippen LogP contribution in [-0.4, -0.2) is 21.0 Å². The molecule has 0 saturated heterocycles. The molecule has 2 aromatic rings. The fraction of sp³-hybridized carbons (Fsp3) is 0. The minimum Gasteiger partial charge on any atom is -0.478 e. The largest absolute Gasteiger partial charge is 0.478 e. The van der Waals surface area contributed by atoms with Crippen molar-refractivity contribution in [2.45, 2.75) is 0 Å². The van der Waals surface area contributed by atoms with Gasteiger partial charge in [-0.15, -0.1) is 11.3 Å². The van der Waals surface area contributed by atoms with E-state index in [-0.39, 0.29) is 5.69 Å². The van der Waals surface area contributed by atoms with Gasteiger partial charge in [0.2, 0.25) is 0 Å². The molecule has 1 aromatic heterocycles. The summed E-state index contributed by atoms with van der Waals surface area (Å²) in [5, 5.41) is 19.1. The summed E-state index contributed by atoms with van der Waals surface area (Å²) in [6, 6.07) is 6.03. The Balaban J connectivity index is 2.34. The molecule has 0 aliphatic rings. The molecule has 0 unspecified atom stereocenters. The van der Waals surface area contributed by atoms with E-state index in [1.807, 2.05) is 0 Å². The molecule has 0 bridgehead atoms. The van der Waals surface area contributed by atoms with E-state index in [1.54, 1.807) is 17.6 Å². The molecule has 19 heavy (non-hydrogen) atoms. The summed E-state index contributed by atoms with van der Waals surface area (Å²) in [6.07, 6.45) is 2.40. The summed E-state index contributed by atoms with van der Waals surface area (Å²) in [4.78, 5) is 25.4. The number of aliphatic carboxylic acids is 1. The monoisotopic (exact) mass is 276 g/mol. The number of nitrogens with zero attached hydrogens (tertiary/aromatic N) is 2. The highest BCUT2D eigenvalue weighted by molar-refractivity contribution is 7.13. The van der Waals surface area contributed by atoms with Crippen molar-refractivity contribution in [3.8, 4) is 10.4 Å². The average Bonchev–Trinajstić information content (AvgIpc) is 2.84. The second kappa shape index (κ2) is 5.40. The van der Waals surface area contributed by atoms with Gasteiger partial charge in [-0.2, -0.15) is 0 Å². The van der Waals surface area contributed by atoms with Gasteiger partial charge in [-0.05, 0) is 23.8 Å². The van der Waals surface area contributed by atoms with Crippen LogP contribution >= 0.6 is 11.3 Å². The molecule has 2 rings (SSSR count). The molecule has 0 aliphatic heterocycles. The fourth-order valence-corrected chi connectivity index (χ4v) is 2.26. The lowest BCUT2D eigenvalue weighted by Crippen LogP contribution is -1.88. The molecule has 96 valence electrons. The first-order valence-electron chi connectivity index (χ1n) is 5.17. The van der Waals surface area contributed by atoms with Gasteiger partial charge in [0.25, 0.3) is 5.69 Å². The van der Waals surface area contributed by atoms with Gasteiger partial charge in [-0.25, -0.2) is 9.78 Å². The van der Waals surface area contributed by atoms with Crippen molar-refractivity contribution in [2.75, 3.05) is 0 Å². The van der Waals surface area contributed by atoms with Crippen LogP contribution in [-0.2, 0) is 4.79 Å². The maximum absolute atomic E-state index is 10.6. The molecule has 0 saturated carbocycles. The van der Waals surface area contributed by atoms with Gasteiger partial charge in [-0.3, -0.25) is 10.1 Å². The first-order valence-corrected chi connectivity index (χ1v) is 6.05. The minimum absolute atomic E-state index is 0.0101. The zero-order valence-corrected chi connectivity index (χ0v) is 10.3. The van der Waals surface area contributed by atoms with Gasteiger partial charge in [0.1, 0.15) is 0 Å². The van der Waals surface area contributed by atoms with E-state index in [2.05, 4.69) is 4.98 Å². The fourth-order valence-electron chi connectivity index (χ4n) is 1.47. The Morgan fingerprint density at radius 3 is 2.63 bits per heavy atom. The van der Waals surface area contributed by atoms with Crippen LogP contribution < -0.4 is 0 Å². The molecule has 1 aromatic carbocycles. The van der Waals surface area contributed by atoms with Crippen molar-refractivity contribution in [1.29, 1.82) is 0 Å². The Kier molecular flexibility index (Phi) is 3.67. The number of nitro groups is 1. The second-order valence-corrected chi connectivity index (χ2v) is 4.40. The molecule has 0 fully saturated rings. The van der Waals surface area contributed by atoms with Gasteiger partial charge in [0.05, 0.1) is 21.0 Å². The molecular weight excluding hydrogens is 268 g/mol. The first kappa shape index (κ1) is 12.9. The number of hydrogen-bond acceptors (Lipinski definition) is 5. The van der Waals surface area contributed by atoms with E-state index in [4.69, 9.17) is 5.11 Å². The Morgan fingerprint density at radius 2 is 2.05 bits per heavy atom. The number of carbonyl (C=O) groups is 1. The number of thiazole rings is 1. The van der Waals surface area contributed by atoms with Crippen molar-refractivity contribution in [3.05, 3.63) is 51.7 Å². The van der Waals surface area contributed by atoms with Gasteiger partial charge in [0, 0.05) is 18.2 Å². The highest BCUT2D eigenvalue weighted by atomic mass is 32.1. The van der Waals surface area contributed by atoms with E-state index in [0.717, 1.165) is 16.5 Å². The number of hydrogen-bond donors (Lipinski definition) is 1. The number of carboxylic acid groups (broad SMARTS) is 1. The topological polar surface area (TPSA) is 93.3 Å². The number of carboxylic acids is 1. The standard InChI is InChI=1S/C12H8N2O4S/c15-11(16)6-5-10-12(19-7-13-10)8-1-3-9(4-2-8)14(17)18/h1-7H,(H,15,16). The quantitative estimate of drug-likeness (QED) is 0.526. The smallest absolute Gasteiger partial charge is 0.328 e. The molecule has 7 heteroatoms. The molecule has 0 amide bonds. The van der Waals surface area contributed by atoms with Crippen LogP contribution in [0.25, 0.3) is 16.5 Å². The van der Waals surface area contributed by atoms with Crippen LogP contribution in [0.4, 0.5) is 5.69 Å². The van der Waals surface area contributed by atoms with E-state index in [9.17, 15) is 14.9 Å². The second-order valence-electron chi connectivity index (χ2n) is 3.54. The number of aromatic nitrogens is 1. The lowest BCUT2D eigenvalue weighted by atomic mass is 10.1. The summed E-state index contributed by atoms with van der Waals surface area (Å²) in [5.41, 5.74) is 2.90. The summed E-state index contributed by atoms with van der Waals surface area (Å²) in [6.45, 7) is 0. The van der Waals surface area contributed by atoms with Crippen molar-refractivity contribution >= 4 is 29.1 Å². The van der Waals surface area contributed by atoms with Crippen LogP contribution in [0.1, 0.15) is 5.69 Å². The molecule has 0 radical (unpaired) electrons. The van der Waals surface area contributed by atoms with Crippen LogP contribution in [0.3, 0.4) is 0 Å². The Hall–Kier alpha value is -2.54. The highest BCUT2D eigenvalue weighted by Gasteiger charge is 2.09. The molecule has 1 heterocycles. The molecular formula is C12H8N2O4S.